The van der Waals surface area contributed by atoms with Crippen LogP contribution in [0.1, 0.15) is 27.7 Å². The van der Waals surface area contributed by atoms with Gasteiger partial charge in [-0.2, -0.15) is 17.4 Å². The third-order valence-electron chi connectivity index (χ3n) is 2.58. The Bertz CT molecular complexity index is 277. The summed E-state index contributed by atoms with van der Waals surface area (Å²) in [4.78, 5) is 0. The quantitative estimate of drug-likeness (QED) is 0.693. The van der Waals surface area contributed by atoms with Crippen molar-refractivity contribution >= 4 is 10.2 Å². The van der Waals surface area contributed by atoms with E-state index in [9.17, 15) is 8.42 Å². The molecule has 0 heterocycles. The number of aliphatic hydroxyl groups is 1. The normalized spacial score (nSPS) is 17.1. The molecule has 0 amide bonds. The van der Waals surface area contributed by atoms with Gasteiger partial charge in [0, 0.05) is 25.7 Å². The lowest BCUT2D eigenvalue weighted by Crippen LogP contribution is -2.47. The molecule has 2 unspecified atom stereocenters. The predicted molar refractivity (Wildman–Crippen MR) is 60.7 cm³/mol. The average Bonchev–Trinajstić information content (AvgIpc) is 2.14. The van der Waals surface area contributed by atoms with Crippen molar-refractivity contribution in [2.24, 2.45) is 5.92 Å². The van der Waals surface area contributed by atoms with E-state index in [1.54, 1.807) is 27.7 Å². The summed E-state index contributed by atoms with van der Waals surface area (Å²) < 4.78 is 27.3. The van der Waals surface area contributed by atoms with E-state index in [2.05, 4.69) is 4.72 Å². The van der Waals surface area contributed by atoms with E-state index < -0.39 is 10.2 Å². The van der Waals surface area contributed by atoms with Crippen molar-refractivity contribution in [3.05, 3.63) is 0 Å². The van der Waals surface area contributed by atoms with Crippen molar-refractivity contribution in [2.75, 3.05) is 13.7 Å². The second-order valence-electron chi connectivity index (χ2n) is 4.18. The summed E-state index contributed by atoms with van der Waals surface area (Å²) in [7, 11) is -1.91. The molecule has 92 valence electrons. The van der Waals surface area contributed by atoms with Gasteiger partial charge in [0.25, 0.3) is 10.2 Å². The Labute approximate surface area is 92.7 Å². The van der Waals surface area contributed by atoms with E-state index in [4.69, 9.17) is 5.11 Å². The maximum absolute atomic E-state index is 11.7. The van der Waals surface area contributed by atoms with Crippen molar-refractivity contribution in [3.63, 3.8) is 0 Å². The third kappa shape index (κ3) is 4.46. The minimum atomic E-state index is -3.44. The van der Waals surface area contributed by atoms with Gasteiger partial charge in [-0.05, 0) is 26.7 Å². The molecule has 2 atom stereocenters. The van der Waals surface area contributed by atoms with Crippen molar-refractivity contribution < 1.29 is 13.5 Å². The first kappa shape index (κ1) is 14.8. The SMILES string of the molecule is CC(CO)C(C)NS(=O)(=O)N(C)C(C)C. The maximum Gasteiger partial charge on any atom is 0.279 e. The molecule has 0 spiro atoms. The summed E-state index contributed by atoms with van der Waals surface area (Å²) in [5.74, 6) is -0.0969. The zero-order valence-corrected chi connectivity index (χ0v) is 10.9. The van der Waals surface area contributed by atoms with Crippen LogP contribution in [0.25, 0.3) is 0 Å². The van der Waals surface area contributed by atoms with Crippen LogP contribution in [0, 0.1) is 5.92 Å². The van der Waals surface area contributed by atoms with E-state index in [0.29, 0.717) is 0 Å². The van der Waals surface area contributed by atoms with E-state index in [1.165, 1.54) is 11.4 Å². The first-order chi connectivity index (χ1) is 6.72. The molecule has 5 nitrogen and oxygen atoms in total. The molecule has 0 radical (unpaired) electrons. The lowest BCUT2D eigenvalue weighted by Gasteiger charge is -2.25. The summed E-state index contributed by atoms with van der Waals surface area (Å²) in [5.41, 5.74) is 0. The minimum absolute atomic E-state index is 0.0327. The van der Waals surface area contributed by atoms with Crippen LogP contribution in [0.5, 0.6) is 0 Å². The Kier molecular flexibility index (Phi) is 5.72. The molecule has 0 rings (SSSR count). The summed E-state index contributed by atoms with van der Waals surface area (Å²) in [5, 5.41) is 8.90. The fourth-order valence-electron chi connectivity index (χ4n) is 0.870. The largest absolute Gasteiger partial charge is 0.396 e. The highest BCUT2D eigenvalue weighted by molar-refractivity contribution is 7.87. The Hall–Kier alpha value is -0.170. The number of hydrogen-bond donors (Lipinski definition) is 2. The van der Waals surface area contributed by atoms with Gasteiger partial charge in [0.15, 0.2) is 0 Å². The van der Waals surface area contributed by atoms with Gasteiger partial charge >= 0.3 is 0 Å². The van der Waals surface area contributed by atoms with Crippen molar-refractivity contribution in [3.8, 4) is 0 Å². The number of rotatable bonds is 6. The summed E-state index contributed by atoms with van der Waals surface area (Å²) >= 11 is 0. The summed E-state index contributed by atoms with van der Waals surface area (Å²) in [6.45, 7) is 7.11. The number of hydrogen-bond acceptors (Lipinski definition) is 3. The molecular formula is C9H22N2O3S. The lowest BCUT2D eigenvalue weighted by molar-refractivity contribution is 0.215. The highest BCUT2D eigenvalue weighted by Gasteiger charge is 2.24. The Balaban J connectivity index is 4.52. The van der Waals surface area contributed by atoms with Crippen LogP contribution in [0.4, 0.5) is 0 Å². The molecule has 0 bridgehead atoms. The van der Waals surface area contributed by atoms with Crippen LogP contribution >= 0.6 is 0 Å². The highest BCUT2D eigenvalue weighted by Crippen LogP contribution is 2.06. The average molecular weight is 238 g/mol. The van der Waals surface area contributed by atoms with Gasteiger partial charge in [-0.25, -0.2) is 0 Å². The van der Waals surface area contributed by atoms with Crippen LogP contribution < -0.4 is 4.72 Å². The standard InChI is InChI=1S/C9H22N2O3S/c1-7(2)11(5)15(13,14)10-9(4)8(3)6-12/h7-10,12H,6H2,1-5H3. The molecule has 0 aliphatic heterocycles. The second kappa shape index (κ2) is 5.79. The van der Waals surface area contributed by atoms with Gasteiger partial charge < -0.3 is 5.11 Å². The Morgan fingerprint density at radius 3 is 2.07 bits per heavy atom. The smallest absolute Gasteiger partial charge is 0.279 e. The highest BCUT2D eigenvalue weighted by atomic mass is 32.2. The summed E-state index contributed by atoms with van der Waals surface area (Å²) in [6, 6.07) is -0.361. The van der Waals surface area contributed by atoms with Gasteiger partial charge in [0.05, 0.1) is 0 Å². The molecule has 0 aliphatic rings. The van der Waals surface area contributed by atoms with E-state index in [1.807, 2.05) is 0 Å². The maximum atomic E-state index is 11.7. The molecule has 0 fully saturated rings. The van der Waals surface area contributed by atoms with Gasteiger partial charge in [-0.15, -0.1) is 0 Å². The monoisotopic (exact) mass is 238 g/mol. The molecule has 0 saturated heterocycles. The molecule has 15 heavy (non-hydrogen) atoms. The molecule has 0 saturated carbocycles. The van der Waals surface area contributed by atoms with E-state index in [0.717, 1.165) is 0 Å². The molecule has 0 aromatic rings. The van der Waals surface area contributed by atoms with Gasteiger partial charge in [0.1, 0.15) is 0 Å². The van der Waals surface area contributed by atoms with Crippen LogP contribution in [-0.2, 0) is 10.2 Å². The topological polar surface area (TPSA) is 69.6 Å². The lowest BCUT2D eigenvalue weighted by atomic mass is 10.1. The van der Waals surface area contributed by atoms with Crippen LogP contribution in [0.3, 0.4) is 0 Å². The van der Waals surface area contributed by atoms with E-state index in [-0.39, 0.29) is 24.6 Å². The molecule has 2 N–H and O–H groups in total. The molecule has 6 heteroatoms. The van der Waals surface area contributed by atoms with Gasteiger partial charge in [0.2, 0.25) is 0 Å². The van der Waals surface area contributed by atoms with Crippen molar-refractivity contribution in [1.29, 1.82) is 0 Å². The van der Waals surface area contributed by atoms with Crippen LogP contribution in [-0.4, -0.2) is 43.6 Å². The number of nitrogens with zero attached hydrogens (tertiary/aromatic N) is 1. The first-order valence-electron chi connectivity index (χ1n) is 5.08. The van der Waals surface area contributed by atoms with Crippen LogP contribution in [0.15, 0.2) is 0 Å². The van der Waals surface area contributed by atoms with Gasteiger partial charge in [-0.1, -0.05) is 6.92 Å². The third-order valence-corrected chi connectivity index (χ3v) is 4.43. The number of nitrogens with one attached hydrogen (secondary N) is 1. The molecule has 0 aliphatic carbocycles. The zero-order valence-electron chi connectivity index (χ0n) is 10.1. The fraction of sp³-hybridized carbons (Fsp3) is 1.00. The molecule has 0 aromatic heterocycles. The minimum Gasteiger partial charge on any atom is -0.396 e. The first-order valence-corrected chi connectivity index (χ1v) is 6.52. The Morgan fingerprint density at radius 1 is 1.27 bits per heavy atom. The number of aliphatic hydroxyl groups excluding tert-OH is 1. The van der Waals surface area contributed by atoms with Crippen molar-refractivity contribution in [1.82, 2.24) is 9.03 Å². The van der Waals surface area contributed by atoms with E-state index >= 15 is 0 Å². The van der Waals surface area contributed by atoms with Crippen molar-refractivity contribution in [2.45, 2.75) is 39.8 Å². The predicted octanol–water partition coefficient (Wildman–Crippen LogP) is 0.178. The summed E-state index contributed by atoms with van der Waals surface area (Å²) in [6.07, 6.45) is 0. The molecular weight excluding hydrogens is 216 g/mol. The molecule has 0 aromatic carbocycles. The second-order valence-corrected chi connectivity index (χ2v) is 5.94. The van der Waals surface area contributed by atoms with Gasteiger partial charge in [-0.3, -0.25) is 0 Å². The zero-order chi connectivity index (χ0) is 12.2. The fourth-order valence-corrected chi connectivity index (χ4v) is 2.29. The Morgan fingerprint density at radius 2 is 1.73 bits per heavy atom. The van der Waals surface area contributed by atoms with Crippen LogP contribution in [0.2, 0.25) is 0 Å².